The zero-order chi connectivity index (χ0) is 23.8. The highest BCUT2D eigenvalue weighted by Crippen LogP contribution is 2.29. The van der Waals surface area contributed by atoms with Crippen molar-refractivity contribution in [2.24, 2.45) is 0 Å². The van der Waals surface area contributed by atoms with E-state index in [2.05, 4.69) is 5.32 Å². The summed E-state index contributed by atoms with van der Waals surface area (Å²) < 4.78 is 11.4. The smallest absolute Gasteiger partial charge is 0.339 e. The molecule has 1 atom stereocenters. The number of aliphatic hydroxyl groups excluding tert-OH is 1. The fourth-order valence-corrected chi connectivity index (χ4v) is 3.30. The quantitative estimate of drug-likeness (QED) is 0.323. The number of benzene rings is 3. The monoisotopic (exact) mass is 451 g/mol. The van der Waals surface area contributed by atoms with Crippen molar-refractivity contribution in [2.45, 2.75) is 26.1 Å². The number of aliphatic hydroxyl groups is 1. The van der Waals surface area contributed by atoms with E-state index in [1.165, 1.54) is 6.07 Å². The zero-order valence-electron chi connectivity index (χ0n) is 18.7. The van der Waals surface area contributed by atoms with Crippen LogP contribution >= 0.6 is 0 Å². The maximum absolute atomic E-state index is 11.4. The molecule has 7 heteroatoms. The van der Waals surface area contributed by atoms with Crippen LogP contribution in [-0.2, 0) is 0 Å². The summed E-state index contributed by atoms with van der Waals surface area (Å²) in [5.74, 6) is 0.146. The second-order valence-electron chi connectivity index (χ2n) is 7.87. The number of hydrogen-bond donors (Lipinski definition) is 4. The SMILES string of the molecule is CC(C)Oc1cc(-c2ccc(OCCNC[C@@H](O)c3cccc(O)c3)cc2)ccc1C(=O)O. The van der Waals surface area contributed by atoms with Crippen LogP contribution in [0.1, 0.15) is 35.9 Å². The van der Waals surface area contributed by atoms with Gasteiger partial charge in [0, 0.05) is 13.1 Å². The number of ether oxygens (including phenoxy) is 2. The second-order valence-corrected chi connectivity index (χ2v) is 7.87. The van der Waals surface area contributed by atoms with Gasteiger partial charge in [-0.05, 0) is 66.9 Å². The third kappa shape index (κ3) is 6.97. The van der Waals surface area contributed by atoms with Crippen LogP contribution in [0.2, 0.25) is 0 Å². The highest BCUT2D eigenvalue weighted by atomic mass is 16.5. The Morgan fingerprint density at radius 2 is 1.73 bits per heavy atom. The summed E-state index contributed by atoms with van der Waals surface area (Å²) in [6.07, 6.45) is -0.850. The first-order chi connectivity index (χ1) is 15.8. The predicted molar refractivity (Wildman–Crippen MR) is 126 cm³/mol. The first-order valence-electron chi connectivity index (χ1n) is 10.8. The Balaban J connectivity index is 1.51. The summed E-state index contributed by atoms with van der Waals surface area (Å²) >= 11 is 0. The molecule has 7 nitrogen and oxygen atoms in total. The van der Waals surface area contributed by atoms with Crippen LogP contribution in [0.3, 0.4) is 0 Å². The number of phenols is 1. The van der Waals surface area contributed by atoms with Crippen molar-refractivity contribution in [3.63, 3.8) is 0 Å². The molecule has 0 saturated heterocycles. The minimum absolute atomic E-state index is 0.125. The molecule has 0 aliphatic rings. The summed E-state index contributed by atoms with van der Waals surface area (Å²) in [6.45, 7) is 5.02. The van der Waals surface area contributed by atoms with E-state index in [4.69, 9.17) is 9.47 Å². The van der Waals surface area contributed by atoms with Crippen molar-refractivity contribution in [2.75, 3.05) is 19.7 Å². The molecule has 0 aliphatic heterocycles. The number of hydrogen-bond acceptors (Lipinski definition) is 6. The minimum atomic E-state index is -1.02. The molecule has 0 fully saturated rings. The third-order valence-corrected chi connectivity index (χ3v) is 4.90. The molecule has 0 aliphatic carbocycles. The van der Waals surface area contributed by atoms with E-state index in [9.17, 15) is 20.1 Å². The molecule has 4 N–H and O–H groups in total. The van der Waals surface area contributed by atoms with Crippen LogP contribution < -0.4 is 14.8 Å². The van der Waals surface area contributed by atoms with Gasteiger partial charge in [-0.3, -0.25) is 0 Å². The average Bonchev–Trinajstić information content (AvgIpc) is 2.78. The van der Waals surface area contributed by atoms with Crippen molar-refractivity contribution in [1.29, 1.82) is 0 Å². The van der Waals surface area contributed by atoms with Crippen LogP contribution in [0.5, 0.6) is 17.2 Å². The molecule has 3 rings (SSSR count). The highest BCUT2D eigenvalue weighted by Gasteiger charge is 2.14. The van der Waals surface area contributed by atoms with Crippen molar-refractivity contribution in [1.82, 2.24) is 5.32 Å². The molecule has 0 unspecified atom stereocenters. The molecular weight excluding hydrogens is 422 g/mol. The lowest BCUT2D eigenvalue weighted by Gasteiger charge is -2.14. The summed E-state index contributed by atoms with van der Waals surface area (Å²) in [5, 5.41) is 32.1. The zero-order valence-corrected chi connectivity index (χ0v) is 18.7. The normalized spacial score (nSPS) is 11.9. The fraction of sp³-hybridized carbons (Fsp3) is 0.269. The van der Waals surface area contributed by atoms with Gasteiger partial charge in [0.1, 0.15) is 29.4 Å². The Morgan fingerprint density at radius 3 is 2.39 bits per heavy atom. The van der Waals surface area contributed by atoms with Crippen molar-refractivity contribution in [3.8, 4) is 28.4 Å². The summed E-state index contributed by atoms with van der Waals surface area (Å²) in [5.41, 5.74) is 2.55. The van der Waals surface area contributed by atoms with E-state index in [1.54, 1.807) is 36.4 Å². The Labute approximate surface area is 193 Å². The first-order valence-corrected chi connectivity index (χ1v) is 10.8. The summed E-state index contributed by atoms with van der Waals surface area (Å²) in [6, 6.07) is 19.1. The Bertz CT molecular complexity index is 1060. The van der Waals surface area contributed by atoms with Crippen LogP contribution in [0, 0.1) is 0 Å². The number of aromatic carboxylic acids is 1. The van der Waals surface area contributed by atoms with E-state index in [1.807, 2.05) is 38.1 Å². The van der Waals surface area contributed by atoms with Gasteiger partial charge in [0.05, 0.1) is 12.2 Å². The number of phenolic OH excluding ortho intramolecular Hbond substituents is 1. The molecule has 3 aromatic rings. The molecule has 174 valence electrons. The third-order valence-electron chi connectivity index (χ3n) is 4.90. The van der Waals surface area contributed by atoms with Crippen LogP contribution in [0.4, 0.5) is 0 Å². The van der Waals surface area contributed by atoms with Gasteiger partial charge >= 0.3 is 5.97 Å². The van der Waals surface area contributed by atoms with Crippen molar-refractivity contribution >= 4 is 5.97 Å². The number of nitrogens with one attached hydrogen (secondary N) is 1. The van der Waals surface area contributed by atoms with Crippen molar-refractivity contribution in [3.05, 3.63) is 77.9 Å². The van der Waals surface area contributed by atoms with E-state index in [0.29, 0.717) is 36.8 Å². The Kier molecular flexibility index (Phi) is 8.29. The maximum atomic E-state index is 11.4. The molecule has 0 aromatic heterocycles. The molecule has 0 radical (unpaired) electrons. The van der Waals surface area contributed by atoms with E-state index in [0.717, 1.165) is 11.1 Å². The lowest BCUT2D eigenvalue weighted by molar-refractivity contribution is 0.0690. The van der Waals surface area contributed by atoms with Gasteiger partial charge < -0.3 is 30.1 Å². The largest absolute Gasteiger partial charge is 0.508 e. The number of rotatable bonds is 11. The van der Waals surface area contributed by atoms with Crippen LogP contribution in [0.15, 0.2) is 66.7 Å². The van der Waals surface area contributed by atoms with Gasteiger partial charge in [0.15, 0.2) is 0 Å². The van der Waals surface area contributed by atoms with Gasteiger partial charge in [-0.15, -0.1) is 0 Å². The lowest BCUT2D eigenvalue weighted by Crippen LogP contribution is -2.26. The van der Waals surface area contributed by atoms with E-state index < -0.39 is 12.1 Å². The highest BCUT2D eigenvalue weighted by molar-refractivity contribution is 5.92. The van der Waals surface area contributed by atoms with Gasteiger partial charge in [-0.25, -0.2) is 4.79 Å². The number of aromatic hydroxyl groups is 1. The standard InChI is InChI=1S/C26H29NO6/c1-17(2)33-25-15-19(8-11-23(25)26(30)31)18-6-9-22(10-7-18)32-13-12-27-16-24(29)20-4-3-5-21(28)14-20/h3-11,14-15,17,24,27-29H,12-13,16H2,1-2H3,(H,30,31)/t24-/m1/s1. The predicted octanol–water partition coefficient (Wildman–Crippen LogP) is 4.25. The topological polar surface area (TPSA) is 108 Å². The van der Waals surface area contributed by atoms with E-state index >= 15 is 0 Å². The Hall–Kier alpha value is -3.55. The first kappa shape index (κ1) is 24.1. The van der Waals surface area contributed by atoms with Gasteiger partial charge in [-0.2, -0.15) is 0 Å². The molecule has 0 spiro atoms. The molecule has 0 heterocycles. The van der Waals surface area contributed by atoms with Crippen LogP contribution in [-0.4, -0.2) is 47.1 Å². The maximum Gasteiger partial charge on any atom is 0.339 e. The average molecular weight is 452 g/mol. The Morgan fingerprint density at radius 1 is 1.00 bits per heavy atom. The van der Waals surface area contributed by atoms with Gasteiger partial charge in [0.25, 0.3) is 0 Å². The molecule has 0 amide bonds. The van der Waals surface area contributed by atoms with Gasteiger partial charge in [0.2, 0.25) is 0 Å². The molecule has 0 bridgehead atoms. The van der Waals surface area contributed by atoms with Gasteiger partial charge in [-0.1, -0.05) is 30.3 Å². The second kappa shape index (κ2) is 11.4. The molecule has 33 heavy (non-hydrogen) atoms. The number of carboxylic acid groups (broad SMARTS) is 1. The molecule has 0 saturated carbocycles. The summed E-state index contributed by atoms with van der Waals surface area (Å²) in [4.78, 5) is 11.4. The number of carbonyl (C=O) groups is 1. The van der Waals surface area contributed by atoms with E-state index in [-0.39, 0.29) is 17.4 Å². The lowest BCUT2D eigenvalue weighted by atomic mass is 10.0. The molecule has 3 aromatic carbocycles. The number of carboxylic acids is 1. The minimum Gasteiger partial charge on any atom is -0.508 e. The fourth-order valence-electron chi connectivity index (χ4n) is 3.30. The summed E-state index contributed by atoms with van der Waals surface area (Å²) in [7, 11) is 0. The van der Waals surface area contributed by atoms with Crippen molar-refractivity contribution < 1.29 is 29.6 Å². The molecular formula is C26H29NO6. The van der Waals surface area contributed by atoms with Crippen LogP contribution in [0.25, 0.3) is 11.1 Å².